The Hall–Kier alpha value is -0.200. The van der Waals surface area contributed by atoms with E-state index in [1.54, 1.807) is 0 Å². The van der Waals surface area contributed by atoms with E-state index in [1.165, 1.54) is 0 Å². The third kappa shape index (κ3) is 8.36. The van der Waals surface area contributed by atoms with Gasteiger partial charge in [0.05, 0.1) is 24.4 Å². The van der Waals surface area contributed by atoms with E-state index in [4.69, 9.17) is 4.74 Å². The minimum absolute atomic E-state index is 0.361. The molecule has 0 aromatic carbocycles. The summed E-state index contributed by atoms with van der Waals surface area (Å²) in [7, 11) is 0. The third-order valence-electron chi connectivity index (χ3n) is 5.78. The Labute approximate surface area is 167 Å². The normalized spacial score (nSPS) is 15.1. The molecule has 0 saturated carbocycles. The lowest BCUT2D eigenvalue weighted by atomic mass is 9.80. The van der Waals surface area contributed by atoms with E-state index >= 15 is 0 Å². The highest BCUT2D eigenvalue weighted by atomic mass is 16.6. The van der Waals surface area contributed by atoms with E-state index in [9.17, 15) is 20.4 Å². The molecule has 0 spiro atoms. The Morgan fingerprint density at radius 3 is 1.04 bits per heavy atom. The SMILES string of the molecule is CCCCC(CCCC)(OC(CCCC)(CCCC)C(O)CO)C(O)CO. The molecule has 2 atom stereocenters. The lowest BCUT2D eigenvalue weighted by molar-refractivity contribution is -0.253. The molecule has 0 aliphatic carbocycles. The summed E-state index contributed by atoms with van der Waals surface area (Å²) in [5, 5.41) is 41.1. The van der Waals surface area contributed by atoms with E-state index < -0.39 is 23.4 Å². The van der Waals surface area contributed by atoms with Gasteiger partial charge in [0.2, 0.25) is 0 Å². The fourth-order valence-corrected chi connectivity index (χ4v) is 3.90. The molecule has 0 bridgehead atoms. The number of aliphatic hydroxyl groups excluding tert-OH is 4. The number of hydrogen-bond acceptors (Lipinski definition) is 5. The van der Waals surface area contributed by atoms with Crippen molar-refractivity contribution in [2.45, 2.75) is 128 Å². The second-order valence-electron chi connectivity index (χ2n) is 8.04. The van der Waals surface area contributed by atoms with Crippen molar-refractivity contribution in [3.8, 4) is 0 Å². The molecule has 4 N–H and O–H groups in total. The molecule has 0 fully saturated rings. The highest BCUT2D eigenvalue weighted by Crippen LogP contribution is 2.40. The molecule has 0 aliphatic heterocycles. The number of aliphatic hydroxyl groups is 4. The first-order valence-electron chi connectivity index (χ1n) is 11.2. The van der Waals surface area contributed by atoms with Gasteiger partial charge < -0.3 is 25.2 Å². The Morgan fingerprint density at radius 2 is 0.852 bits per heavy atom. The Bertz CT molecular complexity index is 300. The van der Waals surface area contributed by atoms with Gasteiger partial charge in [-0.1, -0.05) is 79.1 Å². The van der Waals surface area contributed by atoms with Gasteiger partial charge >= 0.3 is 0 Å². The van der Waals surface area contributed by atoms with Crippen LogP contribution in [0.1, 0.15) is 105 Å². The summed E-state index contributed by atoms with van der Waals surface area (Å²) in [5.74, 6) is 0. The first-order chi connectivity index (χ1) is 12.9. The topological polar surface area (TPSA) is 90.2 Å². The van der Waals surface area contributed by atoms with Crippen molar-refractivity contribution < 1.29 is 25.2 Å². The molecule has 0 rings (SSSR count). The summed E-state index contributed by atoms with van der Waals surface area (Å²) < 4.78 is 6.72. The monoisotopic (exact) mass is 390 g/mol. The second kappa shape index (κ2) is 14.7. The Balaban J connectivity index is 5.99. The summed E-state index contributed by atoms with van der Waals surface area (Å²) >= 11 is 0. The first kappa shape index (κ1) is 26.8. The highest BCUT2D eigenvalue weighted by molar-refractivity contribution is 4.97. The Kier molecular flexibility index (Phi) is 14.6. The number of hydrogen-bond donors (Lipinski definition) is 4. The Morgan fingerprint density at radius 1 is 0.593 bits per heavy atom. The minimum atomic E-state index is -0.996. The van der Waals surface area contributed by atoms with Crippen LogP contribution in [0.25, 0.3) is 0 Å². The molecule has 5 heteroatoms. The van der Waals surface area contributed by atoms with Crippen LogP contribution >= 0.6 is 0 Å². The van der Waals surface area contributed by atoms with Crippen LogP contribution in [0.3, 0.4) is 0 Å². The zero-order valence-corrected chi connectivity index (χ0v) is 18.3. The van der Waals surface area contributed by atoms with Crippen LogP contribution < -0.4 is 0 Å². The number of ether oxygens (including phenoxy) is 1. The van der Waals surface area contributed by atoms with Crippen molar-refractivity contribution in [2.75, 3.05) is 13.2 Å². The summed E-state index contributed by atoms with van der Waals surface area (Å²) in [6, 6.07) is 0. The predicted octanol–water partition coefficient (Wildman–Crippen LogP) is 3.95. The minimum Gasteiger partial charge on any atom is -0.394 e. The van der Waals surface area contributed by atoms with Crippen LogP contribution in [0.4, 0.5) is 0 Å². The van der Waals surface area contributed by atoms with Crippen LogP contribution in [0.2, 0.25) is 0 Å². The molecule has 2 unspecified atom stereocenters. The van der Waals surface area contributed by atoms with E-state index in [2.05, 4.69) is 27.7 Å². The van der Waals surface area contributed by atoms with Crippen LogP contribution in [0.15, 0.2) is 0 Å². The molecule has 0 saturated heterocycles. The van der Waals surface area contributed by atoms with Crippen LogP contribution in [0.5, 0.6) is 0 Å². The number of unbranched alkanes of at least 4 members (excludes halogenated alkanes) is 4. The van der Waals surface area contributed by atoms with Crippen LogP contribution in [0, 0.1) is 0 Å². The van der Waals surface area contributed by atoms with Crippen LogP contribution in [-0.4, -0.2) is 57.0 Å². The van der Waals surface area contributed by atoms with Gasteiger partial charge in [-0.05, 0) is 25.7 Å². The van der Waals surface area contributed by atoms with Gasteiger partial charge in [-0.25, -0.2) is 0 Å². The molecule has 0 heterocycles. The van der Waals surface area contributed by atoms with Crippen molar-refractivity contribution in [3.63, 3.8) is 0 Å². The molecule has 5 nitrogen and oxygen atoms in total. The smallest absolute Gasteiger partial charge is 0.106 e. The van der Waals surface area contributed by atoms with E-state index in [1.807, 2.05) is 0 Å². The lowest BCUT2D eigenvalue weighted by Crippen LogP contribution is -2.58. The van der Waals surface area contributed by atoms with Gasteiger partial charge in [0.25, 0.3) is 0 Å². The molecule has 0 radical (unpaired) electrons. The van der Waals surface area contributed by atoms with Crippen molar-refractivity contribution in [1.29, 1.82) is 0 Å². The second-order valence-corrected chi connectivity index (χ2v) is 8.04. The van der Waals surface area contributed by atoms with Crippen molar-refractivity contribution in [2.24, 2.45) is 0 Å². The third-order valence-corrected chi connectivity index (χ3v) is 5.78. The van der Waals surface area contributed by atoms with Crippen LogP contribution in [-0.2, 0) is 4.74 Å². The van der Waals surface area contributed by atoms with Gasteiger partial charge in [-0.3, -0.25) is 0 Å². The number of rotatable bonds is 18. The lowest BCUT2D eigenvalue weighted by Gasteiger charge is -2.48. The maximum absolute atomic E-state index is 10.8. The molecular formula is C22H46O5. The molecular weight excluding hydrogens is 344 g/mol. The highest BCUT2D eigenvalue weighted by Gasteiger charge is 2.48. The molecule has 0 aromatic heterocycles. The summed E-state index contributed by atoms with van der Waals surface area (Å²) in [6.07, 6.45) is 7.98. The fourth-order valence-electron chi connectivity index (χ4n) is 3.90. The van der Waals surface area contributed by atoms with E-state index in [-0.39, 0.29) is 13.2 Å². The largest absolute Gasteiger partial charge is 0.394 e. The van der Waals surface area contributed by atoms with Gasteiger partial charge in [0.1, 0.15) is 12.2 Å². The zero-order valence-electron chi connectivity index (χ0n) is 18.3. The molecule has 0 amide bonds. The van der Waals surface area contributed by atoms with E-state index in [0.29, 0.717) is 25.7 Å². The summed E-state index contributed by atoms with van der Waals surface area (Å²) in [5.41, 5.74) is -1.78. The molecule has 0 aromatic rings. The van der Waals surface area contributed by atoms with Crippen molar-refractivity contribution in [3.05, 3.63) is 0 Å². The average Bonchev–Trinajstić information content (AvgIpc) is 2.70. The maximum atomic E-state index is 10.8. The van der Waals surface area contributed by atoms with Gasteiger partial charge in [-0.2, -0.15) is 0 Å². The summed E-state index contributed by atoms with van der Waals surface area (Å²) in [4.78, 5) is 0. The molecule has 0 aliphatic rings. The molecule has 164 valence electrons. The fraction of sp³-hybridized carbons (Fsp3) is 1.00. The standard InChI is InChI=1S/C22H46O5/c1-5-9-13-21(14-10-6-2,19(25)17-23)27-22(15-11-7-3,16-12-8-4)20(26)18-24/h19-20,23-26H,5-18H2,1-4H3. The van der Waals surface area contributed by atoms with Crippen molar-refractivity contribution >= 4 is 0 Å². The maximum Gasteiger partial charge on any atom is 0.106 e. The quantitative estimate of drug-likeness (QED) is 0.284. The zero-order chi connectivity index (χ0) is 20.8. The first-order valence-corrected chi connectivity index (χ1v) is 11.2. The summed E-state index contributed by atoms with van der Waals surface area (Å²) in [6.45, 7) is 7.67. The predicted molar refractivity (Wildman–Crippen MR) is 111 cm³/mol. The van der Waals surface area contributed by atoms with Gasteiger partial charge in [-0.15, -0.1) is 0 Å². The van der Waals surface area contributed by atoms with E-state index in [0.717, 1.165) is 51.4 Å². The molecule has 27 heavy (non-hydrogen) atoms. The van der Waals surface area contributed by atoms with Crippen molar-refractivity contribution in [1.82, 2.24) is 0 Å². The van der Waals surface area contributed by atoms with Gasteiger partial charge in [0.15, 0.2) is 0 Å². The average molecular weight is 391 g/mol. The van der Waals surface area contributed by atoms with Gasteiger partial charge in [0, 0.05) is 0 Å².